The van der Waals surface area contributed by atoms with Crippen LogP contribution in [0, 0.1) is 5.92 Å². The number of rotatable bonds is 2. The number of aromatic nitrogens is 2. The van der Waals surface area contributed by atoms with Gasteiger partial charge in [-0.05, 0) is 18.5 Å². The van der Waals surface area contributed by atoms with Gasteiger partial charge in [0.2, 0.25) is 11.9 Å². The summed E-state index contributed by atoms with van der Waals surface area (Å²) in [6.45, 7) is 1.08. The van der Waals surface area contributed by atoms with Crippen LogP contribution in [-0.4, -0.2) is 29.0 Å². The fourth-order valence-corrected chi connectivity index (χ4v) is 1.72. The summed E-state index contributed by atoms with van der Waals surface area (Å²) in [5, 5.41) is 0.337. The molecule has 80 valence electrons. The van der Waals surface area contributed by atoms with Crippen molar-refractivity contribution in [3.8, 4) is 0 Å². The molecule has 15 heavy (non-hydrogen) atoms. The molecule has 1 aromatic rings. The van der Waals surface area contributed by atoms with E-state index in [1.165, 1.54) is 11.1 Å². The standard InChI is InChI=1S/C9H11ClN4O/c10-7-1-2-12-9(13-7)14-5-6(4-11)3-8(14)15/h1-2,6H,3-5,11H2. The van der Waals surface area contributed by atoms with Crippen LogP contribution in [0.15, 0.2) is 12.3 Å². The molecule has 6 heteroatoms. The van der Waals surface area contributed by atoms with Crippen molar-refractivity contribution in [2.24, 2.45) is 11.7 Å². The van der Waals surface area contributed by atoms with Crippen molar-refractivity contribution in [3.63, 3.8) is 0 Å². The van der Waals surface area contributed by atoms with Gasteiger partial charge in [-0.25, -0.2) is 9.97 Å². The highest BCUT2D eigenvalue weighted by atomic mass is 35.5. The molecule has 5 nitrogen and oxygen atoms in total. The van der Waals surface area contributed by atoms with Crippen LogP contribution in [0.2, 0.25) is 5.15 Å². The predicted octanol–water partition coefficient (Wildman–Crippen LogP) is 0.442. The van der Waals surface area contributed by atoms with E-state index in [1.807, 2.05) is 0 Å². The fourth-order valence-electron chi connectivity index (χ4n) is 1.59. The van der Waals surface area contributed by atoms with Crippen molar-refractivity contribution in [1.29, 1.82) is 0 Å². The second kappa shape index (κ2) is 4.12. The molecule has 0 aliphatic carbocycles. The fraction of sp³-hybridized carbons (Fsp3) is 0.444. The van der Waals surface area contributed by atoms with Gasteiger partial charge < -0.3 is 5.73 Å². The quantitative estimate of drug-likeness (QED) is 0.743. The number of halogens is 1. The molecule has 0 saturated carbocycles. The Labute approximate surface area is 92.3 Å². The largest absolute Gasteiger partial charge is 0.330 e. The number of nitrogens with two attached hydrogens (primary N) is 1. The van der Waals surface area contributed by atoms with Crippen LogP contribution < -0.4 is 10.6 Å². The molecule has 0 radical (unpaired) electrons. The SMILES string of the molecule is NCC1CC(=O)N(c2nccc(Cl)n2)C1. The van der Waals surface area contributed by atoms with Crippen LogP contribution in [0.5, 0.6) is 0 Å². The lowest BCUT2D eigenvalue weighted by Gasteiger charge is -2.13. The first kappa shape index (κ1) is 10.3. The molecular weight excluding hydrogens is 216 g/mol. The molecule has 1 unspecified atom stereocenters. The van der Waals surface area contributed by atoms with Gasteiger partial charge in [0.25, 0.3) is 0 Å². The summed E-state index contributed by atoms with van der Waals surface area (Å²) in [6, 6.07) is 1.58. The number of amides is 1. The van der Waals surface area contributed by atoms with Crippen LogP contribution >= 0.6 is 11.6 Å². The first-order valence-corrected chi connectivity index (χ1v) is 5.07. The molecule has 2 rings (SSSR count). The summed E-state index contributed by atoms with van der Waals surface area (Å²) in [5.41, 5.74) is 5.52. The van der Waals surface area contributed by atoms with E-state index in [0.29, 0.717) is 30.6 Å². The van der Waals surface area contributed by atoms with Gasteiger partial charge in [-0.15, -0.1) is 0 Å². The third-order valence-electron chi connectivity index (χ3n) is 2.39. The van der Waals surface area contributed by atoms with Crippen molar-refractivity contribution in [2.45, 2.75) is 6.42 Å². The van der Waals surface area contributed by atoms with Gasteiger partial charge in [0.1, 0.15) is 5.15 Å². The van der Waals surface area contributed by atoms with Crippen LogP contribution in [0.1, 0.15) is 6.42 Å². The summed E-state index contributed by atoms with van der Waals surface area (Å²) < 4.78 is 0. The first-order valence-electron chi connectivity index (χ1n) is 4.69. The van der Waals surface area contributed by atoms with Gasteiger partial charge in [0.05, 0.1) is 0 Å². The maximum Gasteiger partial charge on any atom is 0.233 e. The van der Waals surface area contributed by atoms with Gasteiger partial charge >= 0.3 is 0 Å². The number of hydrogen-bond acceptors (Lipinski definition) is 4. The number of nitrogens with zero attached hydrogens (tertiary/aromatic N) is 3. The van der Waals surface area contributed by atoms with Gasteiger partial charge in [0, 0.05) is 19.2 Å². The molecule has 1 aliphatic rings. The van der Waals surface area contributed by atoms with Crippen LogP contribution in [0.4, 0.5) is 5.95 Å². The Hall–Kier alpha value is -1.20. The molecule has 1 fully saturated rings. The summed E-state index contributed by atoms with van der Waals surface area (Å²) in [6.07, 6.45) is 2.00. The summed E-state index contributed by atoms with van der Waals surface area (Å²) in [4.78, 5) is 21.1. The molecule has 2 N–H and O–H groups in total. The molecule has 1 atom stereocenters. The zero-order valence-electron chi connectivity index (χ0n) is 8.06. The van der Waals surface area contributed by atoms with E-state index < -0.39 is 0 Å². The molecule has 1 amide bonds. The third kappa shape index (κ3) is 2.08. The lowest BCUT2D eigenvalue weighted by molar-refractivity contribution is -0.117. The van der Waals surface area contributed by atoms with E-state index in [1.54, 1.807) is 6.07 Å². The average molecular weight is 227 g/mol. The molecule has 0 bridgehead atoms. The molecule has 1 aromatic heterocycles. The maximum atomic E-state index is 11.6. The number of carbonyl (C=O) groups excluding carboxylic acids is 1. The van der Waals surface area contributed by atoms with Crippen LogP contribution in [-0.2, 0) is 4.79 Å². The topological polar surface area (TPSA) is 72.1 Å². The molecule has 0 spiro atoms. The van der Waals surface area contributed by atoms with E-state index in [9.17, 15) is 4.79 Å². The van der Waals surface area contributed by atoms with E-state index in [4.69, 9.17) is 17.3 Å². The smallest absolute Gasteiger partial charge is 0.233 e. The molecule has 1 saturated heterocycles. The minimum Gasteiger partial charge on any atom is -0.330 e. The predicted molar refractivity (Wildman–Crippen MR) is 56.6 cm³/mol. The Morgan fingerprint density at radius 3 is 3.07 bits per heavy atom. The monoisotopic (exact) mass is 226 g/mol. The highest BCUT2D eigenvalue weighted by Crippen LogP contribution is 2.21. The summed E-state index contributed by atoms with van der Waals surface area (Å²) >= 11 is 5.73. The highest BCUT2D eigenvalue weighted by Gasteiger charge is 2.31. The van der Waals surface area contributed by atoms with E-state index in [0.717, 1.165) is 0 Å². The second-order valence-corrected chi connectivity index (χ2v) is 3.88. The van der Waals surface area contributed by atoms with Gasteiger partial charge in [-0.3, -0.25) is 9.69 Å². The molecule has 2 heterocycles. The van der Waals surface area contributed by atoms with Gasteiger partial charge in [-0.2, -0.15) is 0 Å². The summed E-state index contributed by atoms with van der Waals surface area (Å²) in [5.74, 6) is 0.566. The molecule has 0 aromatic carbocycles. The zero-order chi connectivity index (χ0) is 10.8. The van der Waals surface area contributed by atoms with Crippen LogP contribution in [0.3, 0.4) is 0 Å². The van der Waals surface area contributed by atoms with E-state index in [-0.39, 0.29) is 11.8 Å². The minimum atomic E-state index is 0.00715. The van der Waals surface area contributed by atoms with Crippen molar-refractivity contribution >= 4 is 23.5 Å². The van der Waals surface area contributed by atoms with Crippen molar-refractivity contribution in [3.05, 3.63) is 17.4 Å². The van der Waals surface area contributed by atoms with Crippen molar-refractivity contribution in [1.82, 2.24) is 9.97 Å². The maximum absolute atomic E-state index is 11.6. The normalized spacial score (nSPS) is 21.1. The van der Waals surface area contributed by atoms with Gasteiger partial charge in [-0.1, -0.05) is 11.6 Å². The van der Waals surface area contributed by atoms with Gasteiger partial charge in [0.15, 0.2) is 0 Å². The molecular formula is C9H11ClN4O. The Bertz CT molecular complexity index is 384. The number of hydrogen-bond donors (Lipinski definition) is 1. The first-order chi connectivity index (χ1) is 7.20. The van der Waals surface area contributed by atoms with E-state index in [2.05, 4.69) is 9.97 Å². The molecule has 1 aliphatic heterocycles. The Morgan fingerprint density at radius 2 is 2.47 bits per heavy atom. The number of anilines is 1. The Morgan fingerprint density at radius 1 is 1.67 bits per heavy atom. The van der Waals surface area contributed by atoms with Crippen molar-refractivity contribution < 1.29 is 4.79 Å². The Kier molecular flexibility index (Phi) is 2.83. The average Bonchev–Trinajstić information content (AvgIpc) is 2.60. The lowest BCUT2D eigenvalue weighted by atomic mass is 10.1. The highest BCUT2D eigenvalue weighted by molar-refractivity contribution is 6.29. The van der Waals surface area contributed by atoms with E-state index >= 15 is 0 Å². The Balaban J connectivity index is 2.21. The van der Waals surface area contributed by atoms with Crippen LogP contribution in [0.25, 0.3) is 0 Å². The third-order valence-corrected chi connectivity index (χ3v) is 2.60. The zero-order valence-corrected chi connectivity index (χ0v) is 8.81. The number of carbonyl (C=O) groups is 1. The summed E-state index contributed by atoms with van der Waals surface area (Å²) in [7, 11) is 0. The van der Waals surface area contributed by atoms with Crippen molar-refractivity contribution in [2.75, 3.05) is 18.0 Å². The lowest BCUT2D eigenvalue weighted by Crippen LogP contribution is -2.27. The minimum absolute atomic E-state index is 0.00715. The second-order valence-electron chi connectivity index (χ2n) is 3.49.